The topological polar surface area (TPSA) is 80.9 Å². The molecule has 154 valence electrons. The van der Waals surface area contributed by atoms with Crippen molar-refractivity contribution < 1.29 is 20.1 Å². The van der Waals surface area contributed by atoms with E-state index in [2.05, 4.69) is 24.3 Å². The number of fused-ring (bicyclic) bond motifs is 3. The van der Waals surface area contributed by atoms with Gasteiger partial charge in [-0.3, -0.25) is 0 Å². The van der Waals surface area contributed by atoms with Gasteiger partial charge in [-0.2, -0.15) is 0 Å². The van der Waals surface area contributed by atoms with E-state index in [9.17, 15) is 20.1 Å². The molecule has 0 saturated carbocycles. The summed E-state index contributed by atoms with van der Waals surface area (Å²) < 4.78 is 0. The Kier molecular flexibility index (Phi) is 5.29. The van der Waals surface area contributed by atoms with Crippen molar-refractivity contribution in [2.45, 2.75) is 0 Å². The van der Waals surface area contributed by atoms with Crippen LogP contribution in [0.2, 0.25) is 0 Å². The minimum Gasteiger partial charge on any atom is -0.423 e. The lowest BCUT2D eigenvalue weighted by Gasteiger charge is -2.19. The summed E-state index contributed by atoms with van der Waals surface area (Å²) >= 11 is 0. The van der Waals surface area contributed by atoms with Gasteiger partial charge in [0.25, 0.3) is 0 Å². The molecule has 6 heteroatoms. The van der Waals surface area contributed by atoms with E-state index in [0.29, 0.717) is 10.9 Å². The average molecular weight is 418 g/mol. The van der Waals surface area contributed by atoms with Crippen molar-refractivity contribution in [2.75, 3.05) is 0 Å². The molecule has 0 bridgehead atoms. The molecule has 0 unspecified atom stereocenters. The van der Waals surface area contributed by atoms with Crippen LogP contribution in [0.1, 0.15) is 0 Å². The maximum Gasteiger partial charge on any atom is 0.488 e. The van der Waals surface area contributed by atoms with E-state index in [-0.39, 0.29) is 0 Å². The molecule has 0 spiro atoms. The van der Waals surface area contributed by atoms with E-state index >= 15 is 0 Å². The first-order valence-corrected chi connectivity index (χ1v) is 10.4. The van der Waals surface area contributed by atoms with E-state index < -0.39 is 14.2 Å². The Morgan fingerprint density at radius 3 is 1.00 bits per heavy atom. The van der Waals surface area contributed by atoms with Gasteiger partial charge in [-0.1, -0.05) is 97.1 Å². The highest BCUT2D eigenvalue weighted by molar-refractivity contribution is 6.59. The van der Waals surface area contributed by atoms with Gasteiger partial charge in [0.05, 0.1) is 0 Å². The Bertz CT molecular complexity index is 1300. The molecule has 5 aromatic rings. The lowest BCUT2D eigenvalue weighted by atomic mass is 9.77. The van der Waals surface area contributed by atoms with E-state index in [1.54, 1.807) is 24.3 Å². The second-order valence-corrected chi connectivity index (χ2v) is 7.83. The van der Waals surface area contributed by atoms with Gasteiger partial charge >= 0.3 is 14.2 Å². The molecule has 5 aromatic carbocycles. The first-order chi connectivity index (χ1) is 15.5. The molecule has 0 amide bonds. The van der Waals surface area contributed by atoms with Crippen molar-refractivity contribution >= 4 is 46.7 Å². The third-order valence-corrected chi connectivity index (χ3v) is 5.93. The molecule has 0 radical (unpaired) electrons. The number of hydrogen-bond donors (Lipinski definition) is 4. The molecule has 5 rings (SSSR count). The van der Waals surface area contributed by atoms with E-state index in [1.807, 2.05) is 48.5 Å². The summed E-state index contributed by atoms with van der Waals surface area (Å²) in [6, 6.07) is 31.0. The normalized spacial score (nSPS) is 11.1. The van der Waals surface area contributed by atoms with Crippen LogP contribution in [0.5, 0.6) is 0 Å². The van der Waals surface area contributed by atoms with Crippen LogP contribution < -0.4 is 10.9 Å². The van der Waals surface area contributed by atoms with Gasteiger partial charge in [-0.25, -0.2) is 0 Å². The molecule has 0 aromatic heterocycles. The summed E-state index contributed by atoms with van der Waals surface area (Å²) in [5, 5.41) is 42.5. The van der Waals surface area contributed by atoms with E-state index in [4.69, 9.17) is 0 Å². The Balaban J connectivity index is 1.88. The van der Waals surface area contributed by atoms with Crippen LogP contribution in [0.4, 0.5) is 0 Å². The predicted molar refractivity (Wildman–Crippen MR) is 132 cm³/mol. The average Bonchev–Trinajstić information content (AvgIpc) is 2.83. The molecule has 4 N–H and O–H groups in total. The van der Waals surface area contributed by atoms with Crippen LogP contribution in [0.15, 0.2) is 97.1 Å². The lowest BCUT2D eigenvalue weighted by Crippen LogP contribution is -2.29. The zero-order chi connectivity index (χ0) is 22.2. The minimum absolute atomic E-state index is 0.432. The van der Waals surface area contributed by atoms with Crippen LogP contribution in [0.3, 0.4) is 0 Å². The van der Waals surface area contributed by atoms with Crippen LogP contribution in [0, 0.1) is 0 Å². The summed E-state index contributed by atoms with van der Waals surface area (Å²) in [6.07, 6.45) is 0. The third-order valence-electron chi connectivity index (χ3n) is 5.93. The molecule has 0 fully saturated rings. The lowest BCUT2D eigenvalue weighted by molar-refractivity contribution is 0.424. The summed E-state index contributed by atoms with van der Waals surface area (Å²) in [5.41, 5.74) is 4.85. The maximum absolute atomic E-state index is 9.52. The van der Waals surface area contributed by atoms with Gasteiger partial charge in [0.2, 0.25) is 0 Å². The smallest absolute Gasteiger partial charge is 0.423 e. The highest BCUT2D eigenvalue weighted by atomic mass is 16.4. The van der Waals surface area contributed by atoms with Crippen molar-refractivity contribution in [3.8, 4) is 22.3 Å². The SMILES string of the molecule is OB(O)c1ccc(-c2c(-c3ccc(B(O)O)cc3)c3ccccc3c3ccccc23)cc1. The largest absolute Gasteiger partial charge is 0.488 e. The Morgan fingerprint density at radius 2 is 0.688 bits per heavy atom. The summed E-state index contributed by atoms with van der Waals surface area (Å²) in [5.74, 6) is 0. The molecule has 0 atom stereocenters. The van der Waals surface area contributed by atoms with Crippen LogP contribution in [-0.4, -0.2) is 34.3 Å². The van der Waals surface area contributed by atoms with Crippen LogP contribution in [0.25, 0.3) is 43.8 Å². The molecular formula is C26H20B2O4. The third kappa shape index (κ3) is 3.49. The zero-order valence-electron chi connectivity index (χ0n) is 17.2. The second-order valence-electron chi connectivity index (χ2n) is 7.83. The van der Waals surface area contributed by atoms with Gasteiger partial charge in [0.15, 0.2) is 0 Å². The number of rotatable bonds is 4. The number of benzene rings is 5. The quantitative estimate of drug-likeness (QED) is 0.267. The van der Waals surface area contributed by atoms with Crippen molar-refractivity contribution in [1.82, 2.24) is 0 Å². The van der Waals surface area contributed by atoms with Gasteiger partial charge < -0.3 is 20.1 Å². The molecule has 0 heterocycles. The van der Waals surface area contributed by atoms with Gasteiger partial charge in [0.1, 0.15) is 0 Å². The zero-order valence-corrected chi connectivity index (χ0v) is 17.2. The fourth-order valence-electron chi connectivity index (χ4n) is 4.38. The second kappa shape index (κ2) is 8.26. The van der Waals surface area contributed by atoms with Gasteiger partial charge in [0, 0.05) is 0 Å². The molecule has 0 saturated heterocycles. The highest BCUT2D eigenvalue weighted by Crippen LogP contribution is 2.44. The molecule has 32 heavy (non-hydrogen) atoms. The highest BCUT2D eigenvalue weighted by Gasteiger charge is 2.19. The Morgan fingerprint density at radius 1 is 0.375 bits per heavy atom. The summed E-state index contributed by atoms with van der Waals surface area (Å²) in [6.45, 7) is 0. The van der Waals surface area contributed by atoms with Crippen LogP contribution >= 0.6 is 0 Å². The Hall–Kier alpha value is -3.41. The Labute approximate surface area is 186 Å². The molecule has 0 aliphatic carbocycles. The van der Waals surface area contributed by atoms with Gasteiger partial charge in [-0.15, -0.1) is 0 Å². The van der Waals surface area contributed by atoms with Crippen molar-refractivity contribution in [3.63, 3.8) is 0 Å². The standard InChI is InChI=1S/C26H20B2O4/c29-27(30)19-13-9-17(10-14-19)25-23-7-3-1-5-21(23)22-6-2-4-8-24(22)26(25)18-11-15-20(16-12-18)28(31)32/h1-16,29-32H. The molecule has 0 aliphatic rings. The summed E-state index contributed by atoms with van der Waals surface area (Å²) in [7, 11) is -3.04. The van der Waals surface area contributed by atoms with E-state index in [1.165, 1.54) is 0 Å². The fourth-order valence-corrected chi connectivity index (χ4v) is 4.38. The molecular weight excluding hydrogens is 398 g/mol. The van der Waals surface area contributed by atoms with Crippen LogP contribution in [-0.2, 0) is 0 Å². The van der Waals surface area contributed by atoms with E-state index in [0.717, 1.165) is 43.8 Å². The van der Waals surface area contributed by atoms with Crippen molar-refractivity contribution in [2.24, 2.45) is 0 Å². The minimum atomic E-state index is -1.52. The first-order valence-electron chi connectivity index (χ1n) is 10.4. The predicted octanol–water partition coefficient (Wildman–Crippen LogP) is 2.69. The molecule has 4 nitrogen and oxygen atoms in total. The van der Waals surface area contributed by atoms with Crippen molar-refractivity contribution in [1.29, 1.82) is 0 Å². The van der Waals surface area contributed by atoms with Gasteiger partial charge in [-0.05, 0) is 54.7 Å². The number of hydrogen-bond acceptors (Lipinski definition) is 4. The molecule has 0 aliphatic heterocycles. The first kappa shape index (κ1) is 20.5. The fraction of sp³-hybridized carbons (Fsp3) is 0. The monoisotopic (exact) mass is 418 g/mol. The summed E-state index contributed by atoms with van der Waals surface area (Å²) in [4.78, 5) is 0. The maximum atomic E-state index is 9.52. The van der Waals surface area contributed by atoms with Crippen molar-refractivity contribution in [3.05, 3.63) is 97.1 Å².